The predicted molar refractivity (Wildman–Crippen MR) is 61.5 cm³/mol. The number of rotatable bonds is 4. The highest BCUT2D eigenvalue weighted by molar-refractivity contribution is 6.60. The highest BCUT2D eigenvalue weighted by Crippen LogP contribution is 2.31. The lowest BCUT2D eigenvalue weighted by Crippen LogP contribution is -2.26. The molecule has 0 aromatic carbocycles. The van der Waals surface area contributed by atoms with Crippen molar-refractivity contribution in [3.63, 3.8) is 0 Å². The van der Waals surface area contributed by atoms with Crippen LogP contribution in [0.5, 0.6) is 0 Å². The SMILES string of the molecule is C[BH-](C(C)C(C)C)C(C)C(C)C. The Morgan fingerprint density at radius 1 is 0.667 bits per heavy atom. The van der Waals surface area contributed by atoms with E-state index in [1.54, 1.807) is 0 Å². The Hall–Kier alpha value is 0.0649. The molecule has 0 saturated carbocycles. The van der Waals surface area contributed by atoms with E-state index in [1.807, 2.05) is 0 Å². The fourth-order valence-electron chi connectivity index (χ4n) is 2.07. The van der Waals surface area contributed by atoms with Crippen LogP contribution in [-0.2, 0) is 0 Å². The van der Waals surface area contributed by atoms with Gasteiger partial charge in [0.15, 0.2) is 0 Å². The average molecular weight is 169 g/mol. The maximum atomic E-state index is 2.48. The number of hydrogen-bond donors (Lipinski definition) is 0. The van der Waals surface area contributed by atoms with Crippen molar-refractivity contribution in [3.8, 4) is 0 Å². The molecular weight excluding hydrogens is 143 g/mol. The van der Waals surface area contributed by atoms with E-state index in [1.165, 1.54) is 0 Å². The summed E-state index contributed by atoms with van der Waals surface area (Å²) in [7, 11) is 0. The molecule has 0 aromatic heterocycles. The second-order valence-corrected chi connectivity index (χ2v) is 5.49. The van der Waals surface area contributed by atoms with Crippen LogP contribution < -0.4 is 0 Å². The second kappa shape index (κ2) is 4.94. The maximum absolute atomic E-state index is 2.48. The van der Waals surface area contributed by atoms with Crippen LogP contribution in [0.25, 0.3) is 0 Å². The summed E-state index contributed by atoms with van der Waals surface area (Å²) in [6.45, 7) is 16.8. The molecule has 1 heteroatoms. The Morgan fingerprint density at radius 3 is 1.08 bits per heavy atom. The second-order valence-electron chi connectivity index (χ2n) is 5.49. The van der Waals surface area contributed by atoms with Gasteiger partial charge in [0.2, 0.25) is 0 Å². The van der Waals surface area contributed by atoms with Crippen LogP contribution >= 0.6 is 0 Å². The Balaban J connectivity index is 4.08. The third kappa shape index (κ3) is 3.20. The normalized spacial score (nSPS) is 19.8. The summed E-state index contributed by atoms with van der Waals surface area (Å²) in [6.07, 6.45) is 0. The molecule has 0 aliphatic heterocycles. The van der Waals surface area contributed by atoms with Crippen molar-refractivity contribution in [1.82, 2.24) is 0 Å². The molecule has 0 aliphatic rings. The fourth-order valence-corrected chi connectivity index (χ4v) is 2.07. The molecule has 0 aromatic rings. The van der Waals surface area contributed by atoms with E-state index >= 15 is 0 Å². The highest BCUT2D eigenvalue weighted by Gasteiger charge is 2.17. The van der Waals surface area contributed by atoms with Crippen molar-refractivity contribution in [1.29, 1.82) is 0 Å². The molecule has 0 rings (SSSR count). The molecule has 12 heavy (non-hydrogen) atoms. The first kappa shape index (κ1) is 12.1. The Labute approximate surface area is 79.2 Å². The molecule has 0 aliphatic carbocycles. The quantitative estimate of drug-likeness (QED) is 0.559. The molecule has 0 saturated heterocycles. The zero-order chi connectivity index (χ0) is 9.89. The van der Waals surface area contributed by atoms with Crippen LogP contribution in [0.1, 0.15) is 41.5 Å². The minimum Gasteiger partial charge on any atom is -0.192 e. The molecule has 2 unspecified atom stereocenters. The first-order chi connectivity index (χ1) is 5.37. The van der Waals surface area contributed by atoms with Crippen molar-refractivity contribution in [2.24, 2.45) is 11.8 Å². The molecular formula is C11H26B-. The molecule has 0 radical (unpaired) electrons. The van der Waals surface area contributed by atoms with E-state index in [2.05, 4.69) is 48.4 Å². The van der Waals surface area contributed by atoms with Gasteiger partial charge in [-0.3, -0.25) is 0 Å². The summed E-state index contributed by atoms with van der Waals surface area (Å²) in [5.41, 5.74) is 0. The zero-order valence-corrected chi connectivity index (χ0v) is 10.0. The molecule has 0 fully saturated rings. The van der Waals surface area contributed by atoms with Gasteiger partial charge in [-0.2, -0.15) is 18.5 Å². The predicted octanol–water partition coefficient (Wildman–Crippen LogP) is 3.94. The van der Waals surface area contributed by atoms with Gasteiger partial charge in [-0.1, -0.05) is 53.4 Å². The van der Waals surface area contributed by atoms with E-state index in [0.717, 1.165) is 23.5 Å². The van der Waals surface area contributed by atoms with Crippen LogP contribution in [-0.4, -0.2) is 6.71 Å². The summed E-state index contributed by atoms with van der Waals surface area (Å²) in [5, 5.41) is 0. The standard InChI is InChI=1S/C11H26B/c1-8(2)10(5)12(7)11(6)9(3)4/h8-12H,1-7H3/q-1. The van der Waals surface area contributed by atoms with Gasteiger partial charge in [-0.15, -0.1) is 0 Å². The fraction of sp³-hybridized carbons (Fsp3) is 1.00. The molecule has 0 heterocycles. The van der Waals surface area contributed by atoms with Gasteiger partial charge in [0, 0.05) is 0 Å². The van der Waals surface area contributed by atoms with E-state index in [9.17, 15) is 0 Å². The monoisotopic (exact) mass is 169 g/mol. The third-order valence-electron chi connectivity index (χ3n) is 4.31. The maximum Gasteiger partial charge on any atom is -0.0129 e. The summed E-state index contributed by atoms with van der Waals surface area (Å²) < 4.78 is 0. The van der Waals surface area contributed by atoms with Crippen LogP contribution in [0.2, 0.25) is 18.5 Å². The van der Waals surface area contributed by atoms with Gasteiger partial charge < -0.3 is 0 Å². The summed E-state index contributed by atoms with van der Waals surface area (Å²) >= 11 is 0. The minimum atomic E-state index is 0.0370. The van der Waals surface area contributed by atoms with Crippen molar-refractivity contribution in [2.75, 3.05) is 0 Å². The molecule has 0 bridgehead atoms. The lowest BCUT2D eigenvalue weighted by molar-refractivity contribution is 0.564. The van der Waals surface area contributed by atoms with E-state index < -0.39 is 0 Å². The first-order valence-corrected chi connectivity index (χ1v) is 5.65. The molecule has 0 amide bonds. The third-order valence-corrected chi connectivity index (χ3v) is 4.31. The first-order valence-electron chi connectivity index (χ1n) is 5.65. The topological polar surface area (TPSA) is 0 Å². The lowest BCUT2D eigenvalue weighted by atomic mass is 9.33. The van der Waals surface area contributed by atoms with Crippen molar-refractivity contribution >= 4 is 6.71 Å². The molecule has 2 atom stereocenters. The van der Waals surface area contributed by atoms with Crippen LogP contribution in [0.15, 0.2) is 0 Å². The zero-order valence-electron chi connectivity index (χ0n) is 10.0. The van der Waals surface area contributed by atoms with Crippen LogP contribution in [0, 0.1) is 11.8 Å². The van der Waals surface area contributed by atoms with Crippen LogP contribution in [0.4, 0.5) is 0 Å². The average Bonchev–Trinajstić information content (AvgIpc) is 2.00. The lowest BCUT2D eigenvalue weighted by Gasteiger charge is -2.37. The van der Waals surface area contributed by atoms with Gasteiger partial charge in [0.1, 0.15) is 0 Å². The van der Waals surface area contributed by atoms with E-state index in [0.29, 0.717) is 0 Å². The highest BCUT2D eigenvalue weighted by atomic mass is 14.1. The smallest absolute Gasteiger partial charge is 0.0129 e. The molecule has 74 valence electrons. The van der Waals surface area contributed by atoms with Gasteiger partial charge in [0.05, 0.1) is 0 Å². The molecule has 0 N–H and O–H groups in total. The number of hydrogen-bond acceptors (Lipinski definition) is 0. The Bertz CT molecular complexity index is 104. The largest absolute Gasteiger partial charge is 0.192 e. The van der Waals surface area contributed by atoms with Gasteiger partial charge in [0.25, 0.3) is 0 Å². The van der Waals surface area contributed by atoms with Crippen molar-refractivity contribution in [3.05, 3.63) is 0 Å². The van der Waals surface area contributed by atoms with Gasteiger partial charge in [-0.05, 0) is 6.71 Å². The Kier molecular flexibility index (Phi) is 4.97. The molecule has 0 nitrogen and oxygen atoms in total. The Morgan fingerprint density at radius 2 is 0.917 bits per heavy atom. The van der Waals surface area contributed by atoms with Crippen molar-refractivity contribution in [2.45, 2.75) is 60.0 Å². The summed E-state index contributed by atoms with van der Waals surface area (Å²) in [4.78, 5) is 0. The van der Waals surface area contributed by atoms with Gasteiger partial charge in [-0.25, -0.2) is 0 Å². The van der Waals surface area contributed by atoms with Crippen LogP contribution in [0.3, 0.4) is 0 Å². The summed E-state index contributed by atoms with van der Waals surface area (Å²) in [5.74, 6) is 3.58. The van der Waals surface area contributed by atoms with Crippen molar-refractivity contribution < 1.29 is 0 Å². The molecule has 0 spiro atoms. The van der Waals surface area contributed by atoms with E-state index in [4.69, 9.17) is 0 Å². The summed E-state index contributed by atoms with van der Waals surface area (Å²) in [6, 6.07) is 0. The van der Waals surface area contributed by atoms with E-state index in [-0.39, 0.29) is 6.71 Å². The minimum absolute atomic E-state index is 0.0370. The van der Waals surface area contributed by atoms with Gasteiger partial charge >= 0.3 is 0 Å².